The van der Waals surface area contributed by atoms with E-state index in [-0.39, 0.29) is 0 Å². The second-order valence-electron chi connectivity index (χ2n) is 7.73. The topological polar surface area (TPSA) is 24.8 Å². The molecule has 1 heterocycles. The maximum Gasteiger partial charge on any atom is 0.226 e. The van der Waals surface area contributed by atoms with Crippen LogP contribution in [-0.2, 0) is 11.3 Å². The van der Waals surface area contributed by atoms with Gasteiger partial charge in [-0.2, -0.15) is 0 Å². The molecule has 2 fully saturated rings. The third kappa shape index (κ3) is 3.72. The summed E-state index contributed by atoms with van der Waals surface area (Å²) in [5.41, 5.74) is 1.43. The SMILES string of the molecule is O=C(C1CCCCC1)N1CC[NH+](Cc2cccc3ccccc23)CC1. The Balaban J connectivity index is 1.36. The number of piperazine rings is 1. The number of hydrogen-bond acceptors (Lipinski definition) is 1. The summed E-state index contributed by atoms with van der Waals surface area (Å²) >= 11 is 0. The van der Waals surface area contributed by atoms with Gasteiger partial charge in [-0.1, -0.05) is 61.7 Å². The predicted molar refractivity (Wildman–Crippen MR) is 102 cm³/mol. The molecule has 1 saturated heterocycles. The van der Waals surface area contributed by atoms with Crippen LogP contribution < -0.4 is 4.90 Å². The maximum absolute atomic E-state index is 12.7. The second kappa shape index (κ2) is 7.57. The number of benzene rings is 2. The number of nitrogens with one attached hydrogen (secondary N) is 1. The second-order valence-corrected chi connectivity index (χ2v) is 7.73. The van der Waals surface area contributed by atoms with Crippen LogP contribution in [0.1, 0.15) is 37.7 Å². The van der Waals surface area contributed by atoms with Crippen LogP contribution in [0, 0.1) is 5.92 Å². The van der Waals surface area contributed by atoms with Crippen LogP contribution in [0.3, 0.4) is 0 Å². The Morgan fingerprint density at radius 2 is 1.68 bits per heavy atom. The number of quaternary nitrogens is 1. The fourth-order valence-corrected chi connectivity index (χ4v) is 4.54. The standard InChI is InChI=1S/C22H28N2O/c25-22(19-8-2-1-3-9-19)24-15-13-23(14-16-24)17-20-11-6-10-18-7-4-5-12-21(18)20/h4-7,10-12,19H,1-3,8-9,13-17H2/p+1. The first-order valence-corrected chi connectivity index (χ1v) is 9.90. The van der Waals surface area contributed by atoms with Crippen molar-refractivity contribution in [1.82, 2.24) is 4.90 Å². The van der Waals surface area contributed by atoms with Gasteiger partial charge in [0.1, 0.15) is 6.54 Å². The van der Waals surface area contributed by atoms with E-state index in [4.69, 9.17) is 0 Å². The smallest absolute Gasteiger partial charge is 0.226 e. The van der Waals surface area contributed by atoms with Gasteiger partial charge in [-0.05, 0) is 23.6 Å². The van der Waals surface area contributed by atoms with E-state index in [1.165, 1.54) is 35.6 Å². The van der Waals surface area contributed by atoms with Gasteiger partial charge in [-0.3, -0.25) is 4.79 Å². The summed E-state index contributed by atoms with van der Waals surface area (Å²) in [6.07, 6.45) is 6.02. The van der Waals surface area contributed by atoms with Gasteiger partial charge in [0, 0.05) is 11.5 Å². The highest BCUT2D eigenvalue weighted by Crippen LogP contribution is 2.25. The van der Waals surface area contributed by atoms with E-state index in [0.29, 0.717) is 11.8 Å². The summed E-state index contributed by atoms with van der Waals surface area (Å²) in [6, 6.07) is 15.3. The van der Waals surface area contributed by atoms with Gasteiger partial charge in [-0.15, -0.1) is 0 Å². The molecule has 0 atom stereocenters. The number of fused-ring (bicyclic) bond motifs is 1. The van der Waals surface area contributed by atoms with Crippen molar-refractivity contribution in [2.75, 3.05) is 26.2 Å². The van der Waals surface area contributed by atoms with Crippen molar-refractivity contribution < 1.29 is 9.69 Å². The molecule has 3 nitrogen and oxygen atoms in total. The molecule has 2 aromatic carbocycles. The summed E-state index contributed by atoms with van der Waals surface area (Å²) in [5.74, 6) is 0.747. The average molecular weight is 337 g/mol. The first kappa shape index (κ1) is 16.6. The van der Waals surface area contributed by atoms with E-state index in [1.807, 2.05) is 0 Å². The number of hydrogen-bond donors (Lipinski definition) is 1. The third-order valence-electron chi connectivity index (χ3n) is 6.06. The van der Waals surface area contributed by atoms with Crippen molar-refractivity contribution in [3.8, 4) is 0 Å². The molecule has 0 unspecified atom stereocenters. The van der Waals surface area contributed by atoms with Crippen molar-refractivity contribution in [3.63, 3.8) is 0 Å². The van der Waals surface area contributed by atoms with Gasteiger partial charge in [0.25, 0.3) is 0 Å². The summed E-state index contributed by atoms with van der Waals surface area (Å²) in [4.78, 5) is 16.5. The van der Waals surface area contributed by atoms with E-state index >= 15 is 0 Å². The lowest BCUT2D eigenvalue weighted by Crippen LogP contribution is -3.13. The molecular weight excluding hydrogens is 308 g/mol. The molecule has 2 aromatic rings. The van der Waals surface area contributed by atoms with E-state index in [1.54, 1.807) is 4.90 Å². The van der Waals surface area contributed by atoms with Crippen LogP contribution in [-0.4, -0.2) is 37.0 Å². The van der Waals surface area contributed by atoms with Gasteiger partial charge in [-0.25, -0.2) is 0 Å². The number of carbonyl (C=O) groups excluding carboxylic acids is 1. The first-order valence-electron chi connectivity index (χ1n) is 9.90. The monoisotopic (exact) mass is 337 g/mol. The Morgan fingerprint density at radius 1 is 0.960 bits per heavy atom. The molecule has 0 radical (unpaired) electrons. The molecule has 1 aliphatic carbocycles. The van der Waals surface area contributed by atoms with Crippen molar-refractivity contribution in [1.29, 1.82) is 0 Å². The van der Waals surface area contributed by atoms with Gasteiger partial charge < -0.3 is 9.80 Å². The molecule has 0 spiro atoms. The number of nitrogens with zero attached hydrogens (tertiary/aromatic N) is 1. The van der Waals surface area contributed by atoms with Crippen LogP contribution in [0.25, 0.3) is 10.8 Å². The Hall–Kier alpha value is -1.87. The highest BCUT2D eigenvalue weighted by atomic mass is 16.2. The van der Waals surface area contributed by atoms with Crippen LogP contribution in [0.4, 0.5) is 0 Å². The van der Waals surface area contributed by atoms with Crippen LogP contribution in [0.15, 0.2) is 42.5 Å². The van der Waals surface area contributed by atoms with Gasteiger partial charge >= 0.3 is 0 Å². The zero-order valence-corrected chi connectivity index (χ0v) is 15.0. The summed E-state index contributed by atoms with van der Waals surface area (Å²) in [6.45, 7) is 5.06. The van der Waals surface area contributed by atoms with E-state index in [2.05, 4.69) is 47.4 Å². The van der Waals surface area contributed by atoms with E-state index in [0.717, 1.165) is 45.6 Å². The molecule has 2 aliphatic rings. The highest BCUT2D eigenvalue weighted by molar-refractivity contribution is 5.85. The van der Waals surface area contributed by atoms with Crippen LogP contribution in [0.2, 0.25) is 0 Å². The third-order valence-corrected chi connectivity index (χ3v) is 6.06. The van der Waals surface area contributed by atoms with Gasteiger partial charge in [0.2, 0.25) is 5.91 Å². The minimum atomic E-state index is 0.313. The van der Waals surface area contributed by atoms with Crippen molar-refractivity contribution in [2.24, 2.45) is 5.92 Å². The Kier molecular flexibility index (Phi) is 5.02. The quantitative estimate of drug-likeness (QED) is 0.915. The lowest BCUT2D eigenvalue weighted by atomic mass is 9.88. The molecule has 1 aliphatic heterocycles. The molecule has 3 heteroatoms. The van der Waals surface area contributed by atoms with Crippen molar-refractivity contribution >= 4 is 16.7 Å². The van der Waals surface area contributed by atoms with Crippen LogP contribution in [0.5, 0.6) is 0 Å². The lowest BCUT2D eigenvalue weighted by molar-refractivity contribution is -0.917. The Labute approximate surface area is 150 Å². The number of carbonyl (C=O) groups is 1. The first-order chi connectivity index (χ1) is 12.3. The average Bonchev–Trinajstić information content (AvgIpc) is 2.69. The molecule has 1 amide bonds. The molecule has 0 aromatic heterocycles. The number of amides is 1. The molecular formula is C22H29N2O+. The molecule has 132 valence electrons. The Bertz CT molecular complexity index is 722. The van der Waals surface area contributed by atoms with Crippen molar-refractivity contribution in [3.05, 3.63) is 48.0 Å². The molecule has 0 bridgehead atoms. The molecule has 25 heavy (non-hydrogen) atoms. The fraction of sp³-hybridized carbons (Fsp3) is 0.500. The molecule has 4 rings (SSSR count). The summed E-state index contributed by atoms with van der Waals surface area (Å²) in [7, 11) is 0. The Morgan fingerprint density at radius 3 is 2.48 bits per heavy atom. The maximum atomic E-state index is 12.7. The van der Waals surface area contributed by atoms with Crippen LogP contribution >= 0.6 is 0 Å². The zero-order chi connectivity index (χ0) is 17.1. The minimum absolute atomic E-state index is 0.313. The summed E-state index contributed by atoms with van der Waals surface area (Å²) in [5, 5.41) is 2.70. The fourth-order valence-electron chi connectivity index (χ4n) is 4.54. The van der Waals surface area contributed by atoms with Crippen molar-refractivity contribution in [2.45, 2.75) is 38.6 Å². The minimum Gasteiger partial charge on any atom is -0.331 e. The highest BCUT2D eigenvalue weighted by Gasteiger charge is 2.29. The zero-order valence-electron chi connectivity index (χ0n) is 15.0. The summed E-state index contributed by atoms with van der Waals surface area (Å²) < 4.78 is 0. The van der Waals surface area contributed by atoms with E-state index in [9.17, 15) is 4.79 Å². The lowest BCUT2D eigenvalue weighted by Gasteiger charge is -2.35. The molecule has 1 N–H and O–H groups in total. The largest absolute Gasteiger partial charge is 0.331 e. The van der Waals surface area contributed by atoms with E-state index < -0.39 is 0 Å². The molecule has 1 saturated carbocycles. The predicted octanol–water partition coefficient (Wildman–Crippen LogP) is 2.65. The van der Waals surface area contributed by atoms with Gasteiger partial charge in [0.15, 0.2) is 0 Å². The normalized spacial score (nSPS) is 20.1. The number of rotatable bonds is 3. The van der Waals surface area contributed by atoms with Gasteiger partial charge in [0.05, 0.1) is 26.2 Å².